The average molecular weight is 410 g/mol. The van der Waals surface area contributed by atoms with Crippen LogP contribution in [-0.4, -0.2) is 42.6 Å². The standard InChI is InChI=1S/C21H23N5O2S/c1-22-8-7-17(18-6-3-11-29-18)28-15-5-2-4-14(12-15)19-25-13-16-20(26-19)23-9-10-24-21(16)27/h2-6,11-13,17,22H,7-10H2,1H3,(H,24,27)(H,23,25,26). The van der Waals surface area contributed by atoms with Crippen molar-refractivity contribution in [3.05, 3.63) is 58.4 Å². The maximum atomic E-state index is 12.1. The number of aromatic nitrogens is 2. The Balaban J connectivity index is 1.58. The molecule has 7 nitrogen and oxygen atoms in total. The van der Waals surface area contributed by atoms with E-state index in [0.717, 1.165) is 24.3 Å². The molecule has 1 unspecified atom stereocenters. The minimum Gasteiger partial charge on any atom is -0.485 e. The first-order valence-electron chi connectivity index (χ1n) is 9.59. The second-order valence-electron chi connectivity index (χ2n) is 6.68. The van der Waals surface area contributed by atoms with Crippen LogP contribution in [0.4, 0.5) is 5.82 Å². The zero-order valence-electron chi connectivity index (χ0n) is 16.1. The third kappa shape index (κ3) is 4.55. The zero-order chi connectivity index (χ0) is 20.1. The highest BCUT2D eigenvalue weighted by atomic mass is 32.1. The zero-order valence-corrected chi connectivity index (χ0v) is 17.0. The Kier molecular flexibility index (Phi) is 6.02. The van der Waals surface area contributed by atoms with Crippen molar-refractivity contribution in [1.82, 2.24) is 20.6 Å². The van der Waals surface area contributed by atoms with Gasteiger partial charge in [0.25, 0.3) is 5.91 Å². The normalized spacial score (nSPS) is 14.3. The van der Waals surface area contributed by atoms with E-state index in [2.05, 4.69) is 37.4 Å². The van der Waals surface area contributed by atoms with Crippen LogP contribution in [0.3, 0.4) is 0 Å². The third-order valence-electron chi connectivity index (χ3n) is 4.62. The van der Waals surface area contributed by atoms with Gasteiger partial charge in [0.15, 0.2) is 5.82 Å². The van der Waals surface area contributed by atoms with Crippen LogP contribution >= 0.6 is 11.3 Å². The van der Waals surface area contributed by atoms with Gasteiger partial charge < -0.3 is 20.7 Å². The number of carbonyl (C=O) groups excluding carboxylic acids is 1. The summed E-state index contributed by atoms with van der Waals surface area (Å²) in [5.74, 6) is 1.72. The summed E-state index contributed by atoms with van der Waals surface area (Å²) < 4.78 is 6.31. The van der Waals surface area contributed by atoms with Crippen molar-refractivity contribution in [1.29, 1.82) is 0 Å². The van der Waals surface area contributed by atoms with Gasteiger partial charge in [0, 0.05) is 36.1 Å². The Bertz CT molecular complexity index is 977. The number of hydrogen-bond donors (Lipinski definition) is 3. The number of nitrogens with one attached hydrogen (secondary N) is 3. The number of amides is 1. The summed E-state index contributed by atoms with van der Waals surface area (Å²) in [6.45, 7) is 2.06. The summed E-state index contributed by atoms with van der Waals surface area (Å²) in [5.41, 5.74) is 1.30. The molecule has 1 atom stereocenters. The van der Waals surface area contributed by atoms with Gasteiger partial charge in [-0.1, -0.05) is 18.2 Å². The van der Waals surface area contributed by atoms with Crippen molar-refractivity contribution in [2.75, 3.05) is 32.0 Å². The Labute approximate surface area is 173 Å². The summed E-state index contributed by atoms with van der Waals surface area (Å²) in [6, 6.07) is 11.9. The van der Waals surface area contributed by atoms with Gasteiger partial charge >= 0.3 is 0 Å². The Hall–Kier alpha value is -2.97. The number of anilines is 1. The molecule has 1 aromatic carbocycles. The number of carbonyl (C=O) groups is 1. The Morgan fingerprint density at radius 2 is 2.14 bits per heavy atom. The van der Waals surface area contributed by atoms with Crippen LogP contribution in [0, 0.1) is 0 Å². The van der Waals surface area contributed by atoms with Crippen LogP contribution in [0.15, 0.2) is 48.0 Å². The summed E-state index contributed by atoms with van der Waals surface area (Å²) in [5, 5.41) is 11.2. The molecular formula is C21H23N5O2S. The number of rotatable bonds is 7. The molecule has 1 aliphatic heterocycles. The van der Waals surface area contributed by atoms with Gasteiger partial charge in [0.2, 0.25) is 0 Å². The molecule has 0 saturated heterocycles. The first-order chi connectivity index (χ1) is 14.2. The van der Waals surface area contributed by atoms with Crippen molar-refractivity contribution < 1.29 is 9.53 Å². The fraction of sp³-hybridized carbons (Fsp3) is 0.286. The quantitative estimate of drug-likeness (QED) is 0.556. The predicted molar refractivity (Wildman–Crippen MR) is 115 cm³/mol. The number of fused-ring (bicyclic) bond motifs is 1. The average Bonchev–Trinajstić information content (AvgIpc) is 3.22. The maximum Gasteiger partial charge on any atom is 0.256 e. The van der Waals surface area contributed by atoms with Crippen molar-refractivity contribution >= 4 is 23.1 Å². The molecule has 1 amide bonds. The largest absolute Gasteiger partial charge is 0.485 e. The smallest absolute Gasteiger partial charge is 0.256 e. The van der Waals surface area contributed by atoms with E-state index in [1.807, 2.05) is 37.4 Å². The van der Waals surface area contributed by atoms with Gasteiger partial charge in [-0.25, -0.2) is 9.97 Å². The monoisotopic (exact) mass is 409 g/mol. The molecule has 29 heavy (non-hydrogen) atoms. The van der Waals surface area contributed by atoms with Gasteiger partial charge in [0.05, 0.1) is 0 Å². The molecule has 3 N–H and O–H groups in total. The fourth-order valence-electron chi connectivity index (χ4n) is 3.16. The molecular weight excluding hydrogens is 386 g/mol. The van der Waals surface area contributed by atoms with Crippen LogP contribution in [-0.2, 0) is 0 Å². The minimum absolute atomic E-state index is 0.0176. The summed E-state index contributed by atoms with van der Waals surface area (Å²) in [7, 11) is 1.94. The number of benzene rings is 1. The molecule has 3 aromatic rings. The van der Waals surface area contributed by atoms with Crippen LogP contribution in [0.1, 0.15) is 27.8 Å². The van der Waals surface area contributed by atoms with Crippen LogP contribution in [0.25, 0.3) is 11.4 Å². The SMILES string of the molecule is CNCCC(Oc1cccc(-c2ncc3c(n2)NCCNC3=O)c1)c1cccs1. The molecule has 0 saturated carbocycles. The molecule has 0 fully saturated rings. The first-order valence-corrected chi connectivity index (χ1v) is 10.5. The van der Waals surface area contributed by atoms with Gasteiger partial charge in [0.1, 0.15) is 23.2 Å². The predicted octanol–water partition coefficient (Wildman–Crippen LogP) is 3.09. The highest BCUT2D eigenvalue weighted by molar-refractivity contribution is 7.10. The van der Waals surface area contributed by atoms with Crippen molar-refractivity contribution in [3.63, 3.8) is 0 Å². The number of hydrogen-bond acceptors (Lipinski definition) is 7. The van der Waals surface area contributed by atoms with E-state index in [1.54, 1.807) is 17.5 Å². The van der Waals surface area contributed by atoms with E-state index in [4.69, 9.17) is 4.74 Å². The Morgan fingerprint density at radius 3 is 2.97 bits per heavy atom. The molecule has 8 heteroatoms. The van der Waals surface area contributed by atoms with Gasteiger partial charge in [-0.3, -0.25) is 4.79 Å². The van der Waals surface area contributed by atoms with Crippen molar-refractivity contribution in [3.8, 4) is 17.1 Å². The third-order valence-corrected chi connectivity index (χ3v) is 5.59. The molecule has 3 heterocycles. The van der Waals surface area contributed by atoms with E-state index in [-0.39, 0.29) is 12.0 Å². The molecule has 0 aliphatic carbocycles. The first kappa shape index (κ1) is 19.4. The lowest BCUT2D eigenvalue weighted by Crippen LogP contribution is -2.24. The summed E-state index contributed by atoms with van der Waals surface area (Å²) in [6.07, 6.45) is 2.42. The fourth-order valence-corrected chi connectivity index (χ4v) is 3.95. The van der Waals surface area contributed by atoms with Gasteiger partial charge in [-0.05, 0) is 37.2 Å². The van der Waals surface area contributed by atoms with Crippen molar-refractivity contribution in [2.45, 2.75) is 12.5 Å². The second-order valence-corrected chi connectivity index (χ2v) is 7.66. The molecule has 0 spiro atoms. The molecule has 2 aromatic heterocycles. The lowest BCUT2D eigenvalue weighted by molar-refractivity contribution is 0.0957. The molecule has 4 rings (SSSR count). The van der Waals surface area contributed by atoms with Gasteiger partial charge in [-0.2, -0.15) is 0 Å². The van der Waals surface area contributed by atoms with E-state index in [9.17, 15) is 4.79 Å². The highest BCUT2D eigenvalue weighted by Crippen LogP contribution is 2.30. The lowest BCUT2D eigenvalue weighted by atomic mass is 10.1. The molecule has 0 radical (unpaired) electrons. The summed E-state index contributed by atoms with van der Waals surface area (Å²) >= 11 is 1.70. The van der Waals surface area contributed by atoms with Gasteiger partial charge in [-0.15, -0.1) is 11.3 Å². The molecule has 0 bridgehead atoms. The topological polar surface area (TPSA) is 88.2 Å². The minimum atomic E-state index is -0.156. The Morgan fingerprint density at radius 1 is 1.24 bits per heavy atom. The van der Waals surface area contributed by atoms with E-state index in [1.165, 1.54) is 4.88 Å². The maximum absolute atomic E-state index is 12.1. The van der Waals surface area contributed by atoms with Crippen LogP contribution in [0.5, 0.6) is 5.75 Å². The van der Waals surface area contributed by atoms with E-state index >= 15 is 0 Å². The molecule has 1 aliphatic rings. The van der Waals surface area contributed by atoms with Crippen LogP contribution in [0.2, 0.25) is 0 Å². The van der Waals surface area contributed by atoms with Crippen molar-refractivity contribution in [2.24, 2.45) is 0 Å². The molecule has 150 valence electrons. The number of thiophene rings is 1. The summed E-state index contributed by atoms with van der Waals surface area (Å²) in [4.78, 5) is 22.2. The second kappa shape index (κ2) is 9.02. The number of ether oxygens (including phenoxy) is 1. The highest BCUT2D eigenvalue weighted by Gasteiger charge is 2.19. The lowest BCUT2D eigenvalue weighted by Gasteiger charge is -2.18. The van der Waals surface area contributed by atoms with Crippen LogP contribution < -0.4 is 20.7 Å². The number of nitrogens with zero attached hydrogens (tertiary/aromatic N) is 2. The van der Waals surface area contributed by atoms with E-state index < -0.39 is 0 Å². The van der Waals surface area contributed by atoms with E-state index in [0.29, 0.717) is 30.3 Å².